The molecule has 1 atom stereocenters. The van der Waals surface area contributed by atoms with Crippen LogP contribution >= 0.6 is 11.3 Å². The molecule has 3 aromatic rings. The van der Waals surface area contributed by atoms with Crippen molar-refractivity contribution in [2.45, 2.75) is 5.92 Å². The van der Waals surface area contributed by atoms with Crippen LogP contribution in [0.5, 0.6) is 0 Å². The van der Waals surface area contributed by atoms with Crippen molar-refractivity contribution in [2.24, 2.45) is 0 Å². The number of thiophene rings is 1. The lowest BCUT2D eigenvalue weighted by Gasteiger charge is -2.26. The van der Waals surface area contributed by atoms with E-state index in [0.29, 0.717) is 28.2 Å². The molecule has 1 aliphatic carbocycles. The van der Waals surface area contributed by atoms with Crippen molar-refractivity contribution < 1.29 is 4.79 Å². The second-order valence-corrected chi connectivity index (χ2v) is 6.91. The molecule has 0 radical (unpaired) electrons. The monoisotopic (exact) mass is 349 g/mol. The highest BCUT2D eigenvalue weighted by Crippen LogP contribution is 2.48. The van der Waals surface area contributed by atoms with Crippen molar-refractivity contribution >= 4 is 28.6 Å². The van der Waals surface area contributed by atoms with Gasteiger partial charge in [-0.1, -0.05) is 30.3 Å². The molecule has 0 fully saturated rings. The Hall–Kier alpha value is -3.19. The lowest BCUT2D eigenvalue weighted by molar-refractivity contribution is 0.103. The minimum absolute atomic E-state index is 0.0900. The van der Waals surface area contributed by atoms with E-state index >= 15 is 0 Å². The molecule has 0 saturated carbocycles. The van der Waals surface area contributed by atoms with Crippen LogP contribution in [0.15, 0.2) is 56.9 Å². The van der Waals surface area contributed by atoms with Gasteiger partial charge in [0, 0.05) is 21.6 Å². The van der Waals surface area contributed by atoms with Gasteiger partial charge in [-0.05, 0) is 11.4 Å². The number of fused-ring (bicyclic) bond motifs is 3. The number of aromatic nitrogens is 2. The summed E-state index contributed by atoms with van der Waals surface area (Å²) in [7, 11) is 0. The molecule has 2 aliphatic rings. The van der Waals surface area contributed by atoms with E-state index in [0.717, 1.165) is 10.4 Å². The Bertz CT molecular complexity index is 1180. The summed E-state index contributed by atoms with van der Waals surface area (Å²) < 4.78 is 0. The van der Waals surface area contributed by atoms with Gasteiger partial charge in [0.05, 0.1) is 17.2 Å². The summed E-state index contributed by atoms with van der Waals surface area (Å²) in [6, 6.07) is 11.1. The van der Waals surface area contributed by atoms with Crippen molar-refractivity contribution in [1.29, 1.82) is 0 Å². The molecule has 0 spiro atoms. The van der Waals surface area contributed by atoms with Gasteiger partial charge in [0.25, 0.3) is 5.56 Å². The summed E-state index contributed by atoms with van der Waals surface area (Å²) in [5.41, 5.74) is 1.90. The van der Waals surface area contributed by atoms with Crippen LogP contribution in [0.25, 0.3) is 5.70 Å². The van der Waals surface area contributed by atoms with Crippen LogP contribution < -0.4 is 16.6 Å². The molecule has 1 aromatic carbocycles. The Balaban J connectivity index is 1.86. The van der Waals surface area contributed by atoms with Crippen molar-refractivity contribution in [3.63, 3.8) is 0 Å². The maximum absolute atomic E-state index is 13.0. The number of rotatable bonds is 1. The van der Waals surface area contributed by atoms with Gasteiger partial charge < -0.3 is 5.32 Å². The summed E-state index contributed by atoms with van der Waals surface area (Å²) in [6.07, 6.45) is 0. The standard InChI is InChI=1S/C18H11N3O3S/c22-15-9-5-2-1-4-8(9)14-12(15)11(10-6-3-7-25-10)13-16(19-14)20-18(24)21-17(13)23/h1-7,11H,(H3,19,20,21,23,24)/t11-/m0/s1. The van der Waals surface area contributed by atoms with E-state index in [1.165, 1.54) is 11.3 Å². The average molecular weight is 349 g/mol. The predicted molar refractivity (Wildman–Crippen MR) is 95.2 cm³/mol. The molecule has 1 aliphatic heterocycles. The average Bonchev–Trinajstić information content (AvgIpc) is 3.21. The van der Waals surface area contributed by atoms with Gasteiger partial charge in [-0.25, -0.2) is 4.79 Å². The van der Waals surface area contributed by atoms with Crippen molar-refractivity contribution in [3.05, 3.63) is 89.8 Å². The van der Waals surface area contributed by atoms with E-state index in [1.54, 1.807) is 6.07 Å². The molecule has 0 amide bonds. The first-order valence-electron chi connectivity index (χ1n) is 7.70. The van der Waals surface area contributed by atoms with Gasteiger partial charge in [-0.2, -0.15) is 0 Å². The van der Waals surface area contributed by atoms with Crippen LogP contribution in [0.1, 0.15) is 32.3 Å². The smallest absolute Gasteiger partial charge is 0.327 e. The first-order valence-corrected chi connectivity index (χ1v) is 8.58. The highest BCUT2D eigenvalue weighted by atomic mass is 32.1. The molecule has 5 rings (SSSR count). The van der Waals surface area contributed by atoms with E-state index in [9.17, 15) is 14.4 Å². The molecule has 0 bridgehead atoms. The molecule has 2 aromatic heterocycles. The van der Waals surface area contributed by atoms with Crippen molar-refractivity contribution in [2.75, 3.05) is 5.32 Å². The third kappa shape index (κ3) is 1.87. The van der Waals surface area contributed by atoms with Gasteiger partial charge in [-0.15, -0.1) is 11.3 Å². The van der Waals surface area contributed by atoms with E-state index in [2.05, 4.69) is 15.3 Å². The Morgan fingerprint density at radius 1 is 0.920 bits per heavy atom. The van der Waals surface area contributed by atoms with Gasteiger partial charge in [0.2, 0.25) is 0 Å². The summed E-state index contributed by atoms with van der Waals surface area (Å²) in [5, 5.41) is 5.01. The van der Waals surface area contributed by atoms with Gasteiger partial charge in [0.15, 0.2) is 5.78 Å². The van der Waals surface area contributed by atoms with Crippen LogP contribution in [0.4, 0.5) is 5.82 Å². The molecular weight excluding hydrogens is 338 g/mol. The summed E-state index contributed by atoms with van der Waals surface area (Å²) >= 11 is 1.48. The zero-order valence-electron chi connectivity index (χ0n) is 12.8. The van der Waals surface area contributed by atoms with Crippen LogP contribution in [0, 0.1) is 0 Å². The number of H-pyrrole nitrogens is 2. The van der Waals surface area contributed by atoms with Gasteiger partial charge in [-0.3, -0.25) is 19.6 Å². The van der Waals surface area contributed by atoms with Crippen molar-refractivity contribution in [3.8, 4) is 0 Å². The Labute approximate surface area is 144 Å². The minimum atomic E-state index is -0.581. The molecule has 3 heterocycles. The maximum Gasteiger partial charge on any atom is 0.327 e. The highest BCUT2D eigenvalue weighted by Gasteiger charge is 2.42. The maximum atomic E-state index is 13.0. The second-order valence-electron chi connectivity index (χ2n) is 5.93. The number of anilines is 1. The first-order chi connectivity index (χ1) is 12.1. The quantitative estimate of drug-likeness (QED) is 0.628. The highest BCUT2D eigenvalue weighted by molar-refractivity contribution is 7.10. The molecule has 0 unspecified atom stereocenters. The lowest BCUT2D eigenvalue weighted by atomic mass is 9.86. The van der Waals surface area contributed by atoms with Crippen LogP contribution in [0.3, 0.4) is 0 Å². The predicted octanol–water partition coefficient (Wildman–Crippen LogP) is 2.29. The Morgan fingerprint density at radius 3 is 2.48 bits per heavy atom. The number of hydrogen-bond acceptors (Lipinski definition) is 5. The molecule has 6 nitrogen and oxygen atoms in total. The number of hydrogen-bond donors (Lipinski definition) is 3. The van der Waals surface area contributed by atoms with Gasteiger partial charge in [0.1, 0.15) is 5.82 Å². The van der Waals surface area contributed by atoms with E-state index in [4.69, 9.17) is 0 Å². The normalized spacial score (nSPS) is 17.8. The fraction of sp³-hybridized carbons (Fsp3) is 0.0556. The largest absolute Gasteiger partial charge is 0.340 e. The minimum Gasteiger partial charge on any atom is -0.340 e. The SMILES string of the molecule is O=C1C2=C(Nc3[nH]c(=O)[nH]c(=O)c3[C@H]2c2cccs2)c2ccccc21. The molecule has 3 N–H and O–H groups in total. The van der Waals surface area contributed by atoms with E-state index in [-0.39, 0.29) is 5.78 Å². The number of carbonyl (C=O) groups is 1. The van der Waals surface area contributed by atoms with Crippen LogP contribution in [0.2, 0.25) is 0 Å². The molecule has 122 valence electrons. The molecular formula is C18H11N3O3S. The first kappa shape index (κ1) is 14.2. The molecule has 25 heavy (non-hydrogen) atoms. The molecule has 0 saturated heterocycles. The van der Waals surface area contributed by atoms with Crippen LogP contribution in [-0.2, 0) is 0 Å². The fourth-order valence-electron chi connectivity index (χ4n) is 3.59. The summed E-state index contributed by atoms with van der Waals surface area (Å²) in [4.78, 5) is 43.1. The third-order valence-corrected chi connectivity index (χ3v) is 5.53. The number of allylic oxidation sites excluding steroid dienone is 1. The number of carbonyl (C=O) groups excluding carboxylic acids is 1. The second kappa shape index (κ2) is 4.90. The van der Waals surface area contributed by atoms with E-state index < -0.39 is 17.2 Å². The number of aromatic amines is 2. The van der Waals surface area contributed by atoms with Crippen molar-refractivity contribution in [1.82, 2.24) is 9.97 Å². The fourth-order valence-corrected chi connectivity index (χ4v) is 4.44. The van der Waals surface area contributed by atoms with Crippen LogP contribution in [-0.4, -0.2) is 15.8 Å². The van der Waals surface area contributed by atoms with E-state index in [1.807, 2.05) is 35.7 Å². The Morgan fingerprint density at radius 2 is 1.72 bits per heavy atom. The summed E-state index contributed by atoms with van der Waals surface area (Å²) in [5.74, 6) is -0.255. The van der Waals surface area contributed by atoms with Gasteiger partial charge >= 0.3 is 5.69 Å². The number of benzene rings is 1. The number of Topliss-reactive ketones (excluding diaryl/α,β-unsaturated/α-hetero) is 1. The lowest BCUT2D eigenvalue weighted by Crippen LogP contribution is -2.33. The topological polar surface area (TPSA) is 94.8 Å². The Kier molecular flexibility index (Phi) is 2.78. The summed E-state index contributed by atoms with van der Waals surface area (Å²) in [6.45, 7) is 0. The number of ketones is 1. The number of nitrogens with one attached hydrogen (secondary N) is 3. The molecule has 7 heteroatoms. The third-order valence-electron chi connectivity index (χ3n) is 4.59. The zero-order chi connectivity index (χ0) is 17.1. The zero-order valence-corrected chi connectivity index (χ0v) is 13.6.